The highest BCUT2D eigenvalue weighted by Gasteiger charge is 2.51. The van der Waals surface area contributed by atoms with Gasteiger partial charge in [-0.3, -0.25) is 24.3 Å². The number of aromatic nitrogens is 2. The predicted molar refractivity (Wildman–Crippen MR) is 136 cm³/mol. The SMILES string of the molecule is Cc1nc(C#N)cc(-c2ccnc3cc(CN4C(=O)C(C)C(C)(C)C4=O)sc23)c1C(=O)NC1CC(F)(F)C1. The Kier molecular flexibility index (Phi) is 6.06. The lowest BCUT2D eigenvalue weighted by Gasteiger charge is -2.35. The number of likely N-dealkylation sites (tertiary alicyclic amines) is 1. The van der Waals surface area contributed by atoms with Gasteiger partial charge in [0.05, 0.1) is 33.4 Å². The zero-order valence-electron chi connectivity index (χ0n) is 21.3. The molecule has 1 saturated heterocycles. The highest BCUT2D eigenvalue weighted by molar-refractivity contribution is 7.19. The maximum Gasteiger partial charge on any atom is 0.253 e. The van der Waals surface area contributed by atoms with Crippen LogP contribution in [-0.2, 0) is 16.1 Å². The van der Waals surface area contributed by atoms with Crippen LogP contribution in [0.2, 0.25) is 0 Å². The molecule has 1 saturated carbocycles. The fourth-order valence-corrected chi connectivity index (χ4v) is 6.14. The number of imide groups is 1. The van der Waals surface area contributed by atoms with Crippen molar-refractivity contribution in [2.24, 2.45) is 11.3 Å². The first-order valence-corrected chi connectivity index (χ1v) is 13.0. The minimum atomic E-state index is -2.78. The van der Waals surface area contributed by atoms with Crippen molar-refractivity contribution in [2.75, 3.05) is 0 Å². The van der Waals surface area contributed by atoms with Gasteiger partial charge in [-0.1, -0.05) is 20.8 Å². The lowest BCUT2D eigenvalue weighted by molar-refractivity contribution is -0.141. The number of aryl methyl sites for hydroxylation is 1. The molecule has 3 amide bonds. The Morgan fingerprint density at radius 1 is 1.26 bits per heavy atom. The molecule has 0 spiro atoms. The van der Waals surface area contributed by atoms with Gasteiger partial charge in [-0.05, 0) is 25.1 Å². The smallest absolute Gasteiger partial charge is 0.253 e. The number of nitriles is 1. The lowest BCUT2D eigenvalue weighted by atomic mass is 9.82. The van der Waals surface area contributed by atoms with E-state index in [1.54, 1.807) is 46.0 Å². The van der Waals surface area contributed by atoms with E-state index in [-0.39, 0.29) is 29.6 Å². The number of alkyl halides is 2. The molecule has 1 aliphatic heterocycles. The van der Waals surface area contributed by atoms with E-state index in [1.165, 1.54) is 22.3 Å². The number of nitrogens with one attached hydrogen (secondary N) is 1. The molecule has 1 N–H and O–H groups in total. The Balaban J connectivity index is 1.54. The number of rotatable bonds is 5. The minimum absolute atomic E-state index is 0.105. The highest BCUT2D eigenvalue weighted by atomic mass is 32.1. The van der Waals surface area contributed by atoms with Gasteiger partial charge in [-0.25, -0.2) is 13.8 Å². The van der Waals surface area contributed by atoms with E-state index in [1.807, 2.05) is 6.07 Å². The number of carbonyl (C=O) groups excluding carboxylic acids is 3. The molecule has 4 heterocycles. The molecule has 11 heteroatoms. The molecule has 1 atom stereocenters. The van der Waals surface area contributed by atoms with E-state index in [0.717, 1.165) is 4.88 Å². The van der Waals surface area contributed by atoms with Crippen molar-refractivity contribution in [2.45, 2.75) is 59.0 Å². The summed E-state index contributed by atoms with van der Waals surface area (Å²) in [6.45, 7) is 6.98. The summed E-state index contributed by atoms with van der Waals surface area (Å²) in [5.41, 5.74) is 1.47. The topological polar surface area (TPSA) is 116 Å². The summed E-state index contributed by atoms with van der Waals surface area (Å²) in [5, 5.41) is 12.2. The van der Waals surface area contributed by atoms with Crippen molar-refractivity contribution in [3.05, 3.63) is 46.2 Å². The molecule has 3 aromatic rings. The van der Waals surface area contributed by atoms with Gasteiger partial charge in [0.1, 0.15) is 11.8 Å². The second-order valence-corrected chi connectivity index (χ2v) is 11.7. The van der Waals surface area contributed by atoms with Crippen LogP contribution in [0, 0.1) is 29.6 Å². The molecule has 2 fully saturated rings. The van der Waals surface area contributed by atoms with Crippen molar-refractivity contribution in [1.29, 1.82) is 5.26 Å². The highest BCUT2D eigenvalue weighted by Crippen LogP contribution is 2.41. The van der Waals surface area contributed by atoms with Gasteiger partial charge >= 0.3 is 0 Å². The molecule has 1 unspecified atom stereocenters. The van der Waals surface area contributed by atoms with Crippen molar-refractivity contribution in [1.82, 2.24) is 20.2 Å². The number of hydrogen-bond donors (Lipinski definition) is 1. The first kappa shape index (κ1) is 25.9. The van der Waals surface area contributed by atoms with Crippen LogP contribution in [-0.4, -0.2) is 44.6 Å². The van der Waals surface area contributed by atoms with E-state index in [9.17, 15) is 28.4 Å². The zero-order valence-corrected chi connectivity index (χ0v) is 22.1. The number of carbonyl (C=O) groups is 3. The molecule has 38 heavy (non-hydrogen) atoms. The molecule has 0 aromatic carbocycles. The monoisotopic (exact) mass is 537 g/mol. The van der Waals surface area contributed by atoms with Gasteiger partial charge in [-0.15, -0.1) is 11.3 Å². The fraction of sp³-hybridized carbons (Fsp3) is 0.407. The van der Waals surface area contributed by atoms with Crippen molar-refractivity contribution < 1.29 is 23.2 Å². The molecular formula is C27H25F2N5O3S. The van der Waals surface area contributed by atoms with E-state index in [0.29, 0.717) is 27.0 Å². The number of amides is 3. The summed E-state index contributed by atoms with van der Waals surface area (Å²) in [5.74, 6) is -4.21. The van der Waals surface area contributed by atoms with E-state index < -0.39 is 42.0 Å². The van der Waals surface area contributed by atoms with Gasteiger partial charge in [0.25, 0.3) is 11.8 Å². The minimum Gasteiger partial charge on any atom is -0.349 e. The van der Waals surface area contributed by atoms with Crippen LogP contribution in [0.15, 0.2) is 24.4 Å². The Morgan fingerprint density at radius 2 is 1.97 bits per heavy atom. The second kappa shape index (κ2) is 8.91. The fourth-order valence-electron chi connectivity index (χ4n) is 5.01. The molecule has 0 radical (unpaired) electrons. The molecule has 5 rings (SSSR count). The summed E-state index contributed by atoms with van der Waals surface area (Å²) >= 11 is 1.34. The molecule has 2 aliphatic rings. The number of pyridine rings is 2. The number of nitrogens with zero attached hydrogens (tertiary/aromatic N) is 4. The van der Waals surface area contributed by atoms with Crippen LogP contribution in [0.5, 0.6) is 0 Å². The largest absolute Gasteiger partial charge is 0.349 e. The van der Waals surface area contributed by atoms with E-state index >= 15 is 0 Å². The molecule has 196 valence electrons. The standard InChI is InChI=1S/C27H25F2N5O3S/c1-13-24(36)34(25(37)26(13,3)4)12-17-8-20-22(38-17)18(5-6-31-20)19-7-15(11-30)32-14(2)21(19)23(35)33-16-9-27(28,29)10-16/h5-8,13,16H,9-10,12H2,1-4H3,(H,33,35). The van der Waals surface area contributed by atoms with E-state index in [4.69, 9.17) is 0 Å². The molecule has 8 nitrogen and oxygen atoms in total. The third-order valence-corrected chi connectivity index (χ3v) is 8.69. The summed E-state index contributed by atoms with van der Waals surface area (Å²) in [4.78, 5) is 49.6. The van der Waals surface area contributed by atoms with Gasteiger partial charge in [0, 0.05) is 47.0 Å². The Hall–Kier alpha value is -3.78. The quantitative estimate of drug-likeness (QED) is 0.476. The van der Waals surface area contributed by atoms with Gasteiger partial charge < -0.3 is 5.32 Å². The van der Waals surface area contributed by atoms with Crippen LogP contribution < -0.4 is 5.32 Å². The summed E-state index contributed by atoms with van der Waals surface area (Å²) in [7, 11) is 0. The average molecular weight is 538 g/mol. The Bertz CT molecular complexity index is 1550. The van der Waals surface area contributed by atoms with Crippen molar-refractivity contribution in [3.63, 3.8) is 0 Å². The van der Waals surface area contributed by atoms with Crippen LogP contribution in [0.25, 0.3) is 21.3 Å². The number of halogens is 2. The molecule has 3 aromatic heterocycles. The molecule has 1 aliphatic carbocycles. The maximum atomic E-state index is 13.3. The van der Waals surface area contributed by atoms with Crippen LogP contribution >= 0.6 is 11.3 Å². The third-order valence-electron chi connectivity index (χ3n) is 7.55. The number of thiophene rings is 1. The third kappa shape index (κ3) is 4.22. The van der Waals surface area contributed by atoms with Gasteiger partial charge in [-0.2, -0.15) is 5.26 Å². The summed E-state index contributed by atoms with van der Waals surface area (Å²) in [6, 6.07) is 6.38. The maximum absolute atomic E-state index is 13.3. The van der Waals surface area contributed by atoms with Crippen molar-refractivity contribution >= 4 is 39.3 Å². The first-order valence-electron chi connectivity index (χ1n) is 12.2. The van der Waals surface area contributed by atoms with Gasteiger partial charge in [0.2, 0.25) is 11.8 Å². The van der Waals surface area contributed by atoms with Crippen molar-refractivity contribution in [3.8, 4) is 17.2 Å². The Morgan fingerprint density at radius 3 is 2.58 bits per heavy atom. The number of fused-ring (bicyclic) bond motifs is 1. The first-order chi connectivity index (χ1) is 17.8. The molecular weight excluding hydrogens is 512 g/mol. The predicted octanol–water partition coefficient (Wildman–Crippen LogP) is 4.60. The Labute approximate surface area is 221 Å². The van der Waals surface area contributed by atoms with Gasteiger partial charge in [0.15, 0.2) is 0 Å². The second-order valence-electron chi connectivity index (χ2n) is 10.5. The normalized spacial score (nSPS) is 20.4. The van der Waals surface area contributed by atoms with Crippen LogP contribution in [0.3, 0.4) is 0 Å². The molecule has 0 bridgehead atoms. The van der Waals surface area contributed by atoms with Crippen LogP contribution in [0.1, 0.15) is 60.2 Å². The zero-order chi connectivity index (χ0) is 27.6. The average Bonchev–Trinajstić information content (AvgIpc) is 3.31. The number of hydrogen-bond acceptors (Lipinski definition) is 7. The lowest BCUT2D eigenvalue weighted by Crippen LogP contribution is -2.50. The summed E-state index contributed by atoms with van der Waals surface area (Å²) in [6.07, 6.45) is 0.726. The van der Waals surface area contributed by atoms with E-state index in [2.05, 4.69) is 15.3 Å². The summed E-state index contributed by atoms with van der Waals surface area (Å²) < 4.78 is 27.4. The van der Waals surface area contributed by atoms with Crippen LogP contribution in [0.4, 0.5) is 8.78 Å².